The van der Waals surface area contributed by atoms with Crippen molar-refractivity contribution in [3.8, 4) is 0 Å². The maximum absolute atomic E-state index is 2.37. The Bertz CT molecular complexity index is 958. The van der Waals surface area contributed by atoms with Gasteiger partial charge in [-0.2, -0.15) is 0 Å². The summed E-state index contributed by atoms with van der Waals surface area (Å²) in [5.74, 6) is 0. The molecule has 0 spiro atoms. The van der Waals surface area contributed by atoms with Crippen molar-refractivity contribution in [2.75, 3.05) is 0 Å². The summed E-state index contributed by atoms with van der Waals surface area (Å²) in [6, 6.07) is 42.9. The summed E-state index contributed by atoms with van der Waals surface area (Å²) in [4.78, 5) is 0. The predicted octanol–water partition coefficient (Wildman–Crippen LogP) is 5.67. The fourth-order valence-corrected chi connectivity index (χ4v) is 10.0. The van der Waals surface area contributed by atoms with E-state index < -0.39 is 7.26 Å². The molecule has 136 valence electrons. The Balaban J connectivity index is 1.87. The predicted molar refractivity (Wildman–Crippen MR) is 123 cm³/mol. The van der Waals surface area contributed by atoms with Crippen LogP contribution in [0.1, 0.15) is 23.2 Å². The van der Waals surface area contributed by atoms with Crippen molar-refractivity contribution < 1.29 is 0 Å². The molecule has 0 radical (unpaired) electrons. The average Bonchev–Trinajstić information content (AvgIpc) is 3.21. The summed E-state index contributed by atoms with van der Waals surface area (Å²) in [6.07, 6.45) is 2.39. The van der Waals surface area contributed by atoms with Crippen molar-refractivity contribution in [1.29, 1.82) is 0 Å². The summed E-state index contributed by atoms with van der Waals surface area (Å²) < 4.78 is 0. The summed E-state index contributed by atoms with van der Waals surface area (Å²) in [5.41, 5.74) is 3.60. The second-order valence-corrected chi connectivity index (χ2v) is 11.1. The molecule has 1 aliphatic rings. The zero-order valence-electron chi connectivity index (χ0n) is 15.9. The van der Waals surface area contributed by atoms with Gasteiger partial charge in [0, 0.05) is 0 Å². The molecule has 0 nitrogen and oxygen atoms in total. The van der Waals surface area contributed by atoms with Crippen LogP contribution < -0.4 is 15.9 Å². The van der Waals surface area contributed by atoms with Crippen LogP contribution in [0.5, 0.6) is 0 Å². The van der Waals surface area contributed by atoms with E-state index in [9.17, 15) is 0 Å². The normalized spacial score (nSPS) is 15.9. The number of fused-ring (bicyclic) bond motifs is 1. The number of rotatable bonds is 4. The van der Waals surface area contributed by atoms with E-state index in [1.165, 1.54) is 34.3 Å². The lowest BCUT2D eigenvalue weighted by molar-refractivity contribution is 0.880. The first-order valence-corrected chi connectivity index (χ1v) is 11.9. The van der Waals surface area contributed by atoms with E-state index in [-0.39, 0.29) is 0 Å². The van der Waals surface area contributed by atoms with Crippen LogP contribution >= 0.6 is 7.26 Å². The summed E-state index contributed by atoms with van der Waals surface area (Å²) in [6.45, 7) is 0. The zero-order chi connectivity index (χ0) is 18.8. The smallest absolute Gasteiger partial charge is 0.0620 e. The SMILES string of the molecule is c1ccc([P+](c2ccccc2)(c2ccccc2)C2CCc3ccccc32)cc1. The highest BCUT2D eigenvalue weighted by Gasteiger charge is 2.54. The minimum absolute atomic E-state index is 0.524. The molecule has 0 fully saturated rings. The van der Waals surface area contributed by atoms with E-state index in [4.69, 9.17) is 0 Å². The molecule has 4 aromatic rings. The van der Waals surface area contributed by atoms with Crippen molar-refractivity contribution in [2.24, 2.45) is 0 Å². The van der Waals surface area contributed by atoms with Gasteiger partial charge in [0.1, 0.15) is 28.8 Å². The highest BCUT2D eigenvalue weighted by molar-refractivity contribution is 7.96. The molecule has 0 aromatic heterocycles. The van der Waals surface area contributed by atoms with Gasteiger partial charge in [0.05, 0.1) is 0 Å². The fourth-order valence-electron chi connectivity index (χ4n) is 4.91. The topological polar surface area (TPSA) is 0 Å². The molecular formula is C27H24P+. The minimum atomic E-state index is -1.83. The number of aryl methyl sites for hydroxylation is 1. The van der Waals surface area contributed by atoms with Crippen molar-refractivity contribution in [1.82, 2.24) is 0 Å². The Morgan fingerprint density at radius 3 is 1.43 bits per heavy atom. The molecule has 0 bridgehead atoms. The highest BCUT2D eigenvalue weighted by Crippen LogP contribution is 2.69. The Morgan fingerprint density at radius 1 is 0.500 bits per heavy atom. The quantitative estimate of drug-likeness (QED) is 0.401. The van der Waals surface area contributed by atoms with Crippen LogP contribution in [0.25, 0.3) is 0 Å². The average molecular weight is 379 g/mol. The largest absolute Gasteiger partial charge is 0.119 e. The van der Waals surface area contributed by atoms with Gasteiger partial charge in [-0.1, -0.05) is 78.9 Å². The molecule has 0 saturated heterocycles. The van der Waals surface area contributed by atoms with Gasteiger partial charge in [0.25, 0.3) is 0 Å². The second-order valence-electron chi connectivity index (χ2n) is 7.48. The number of hydrogen-bond acceptors (Lipinski definition) is 0. The van der Waals surface area contributed by atoms with Crippen LogP contribution in [0.4, 0.5) is 0 Å². The van der Waals surface area contributed by atoms with E-state index in [1.54, 1.807) is 5.56 Å². The standard InChI is InChI=1S/C27H24P/c1-4-13-23(14-5-1)28(24-15-6-2-7-16-24,25-17-8-3-9-18-25)27-21-20-22-12-10-11-19-26(22)27/h1-19,27H,20-21H2/q+1. The second kappa shape index (κ2) is 7.38. The summed E-state index contributed by atoms with van der Waals surface area (Å²) >= 11 is 0. The molecule has 1 atom stereocenters. The van der Waals surface area contributed by atoms with Crippen LogP contribution in [0.3, 0.4) is 0 Å². The third-order valence-corrected chi connectivity index (χ3v) is 10.9. The first kappa shape index (κ1) is 17.4. The van der Waals surface area contributed by atoms with Gasteiger partial charge in [-0.05, 0) is 60.4 Å². The van der Waals surface area contributed by atoms with Crippen molar-refractivity contribution in [3.05, 3.63) is 126 Å². The third-order valence-electron chi connectivity index (χ3n) is 6.06. The Hall–Kier alpha value is -2.69. The van der Waals surface area contributed by atoms with E-state index in [2.05, 4.69) is 115 Å². The van der Waals surface area contributed by atoms with Gasteiger partial charge in [0.15, 0.2) is 0 Å². The molecule has 5 rings (SSSR count). The van der Waals surface area contributed by atoms with E-state index in [1.807, 2.05) is 0 Å². The third kappa shape index (κ3) is 2.72. The maximum Gasteiger partial charge on any atom is 0.119 e. The molecule has 4 aromatic carbocycles. The van der Waals surface area contributed by atoms with Crippen LogP contribution in [0.15, 0.2) is 115 Å². The molecule has 0 N–H and O–H groups in total. The number of benzene rings is 4. The van der Waals surface area contributed by atoms with Gasteiger partial charge >= 0.3 is 0 Å². The van der Waals surface area contributed by atoms with E-state index >= 15 is 0 Å². The molecule has 0 heterocycles. The molecule has 1 aliphatic carbocycles. The molecule has 0 amide bonds. The Kier molecular flexibility index (Phi) is 4.59. The first-order chi connectivity index (χ1) is 13.9. The molecule has 28 heavy (non-hydrogen) atoms. The van der Waals surface area contributed by atoms with Crippen LogP contribution in [0, 0.1) is 0 Å². The maximum atomic E-state index is 2.37. The summed E-state index contributed by atoms with van der Waals surface area (Å²) in [5, 5.41) is 4.44. The van der Waals surface area contributed by atoms with Gasteiger partial charge in [0.2, 0.25) is 0 Å². The van der Waals surface area contributed by atoms with Gasteiger partial charge in [-0.3, -0.25) is 0 Å². The molecule has 1 heteroatoms. The lowest BCUT2D eigenvalue weighted by Crippen LogP contribution is -2.34. The van der Waals surface area contributed by atoms with Gasteiger partial charge in [-0.15, -0.1) is 0 Å². The minimum Gasteiger partial charge on any atom is -0.0620 e. The molecular weight excluding hydrogens is 355 g/mol. The van der Waals surface area contributed by atoms with Gasteiger partial charge in [-0.25, -0.2) is 0 Å². The summed E-state index contributed by atoms with van der Waals surface area (Å²) in [7, 11) is -1.83. The van der Waals surface area contributed by atoms with Crippen LogP contribution in [-0.4, -0.2) is 0 Å². The molecule has 0 saturated carbocycles. The van der Waals surface area contributed by atoms with Gasteiger partial charge < -0.3 is 0 Å². The fraction of sp³-hybridized carbons (Fsp3) is 0.111. The zero-order valence-corrected chi connectivity index (χ0v) is 16.8. The number of hydrogen-bond donors (Lipinski definition) is 0. The Morgan fingerprint density at radius 2 is 0.929 bits per heavy atom. The monoisotopic (exact) mass is 379 g/mol. The van der Waals surface area contributed by atoms with Crippen molar-refractivity contribution in [2.45, 2.75) is 18.5 Å². The highest BCUT2D eigenvalue weighted by atomic mass is 31.2. The Labute approximate surface area is 168 Å². The first-order valence-electron chi connectivity index (χ1n) is 10.0. The van der Waals surface area contributed by atoms with E-state index in [0.29, 0.717) is 5.66 Å². The van der Waals surface area contributed by atoms with Crippen molar-refractivity contribution >= 4 is 23.2 Å². The molecule has 1 unspecified atom stereocenters. The lowest BCUT2D eigenvalue weighted by atomic mass is 10.1. The van der Waals surface area contributed by atoms with Crippen LogP contribution in [-0.2, 0) is 6.42 Å². The van der Waals surface area contributed by atoms with Crippen LogP contribution in [0.2, 0.25) is 0 Å². The van der Waals surface area contributed by atoms with Crippen molar-refractivity contribution in [3.63, 3.8) is 0 Å². The molecule has 0 aliphatic heterocycles. The van der Waals surface area contributed by atoms with E-state index in [0.717, 1.165) is 0 Å². The lowest BCUT2D eigenvalue weighted by Gasteiger charge is -2.33.